The normalized spacial score (nSPS) is 16.4. The molecule has 1 N–H and O–H groups in total. The molecule has 1 heterocycles. The Morgan fingerprint density at radius 3 is 2.81 bits per heavy atom. The maximum Gasteiger partial charge on any atom is 0.254 e. The highest BCUT2D eigenvalue weighted by molar-refractivity contribution is 7.16. The van der Waals surface area contributed by atoms with E-state index in [-0.39, 0.29) is 18.6 Å². The number of nitriles is 1. The highest BCUT2D eigenvalue weighted by Crippen LogP contribution is 2.40. The highest BCUT2D eigenvalue weighted by atomic mass is 32.1. The van der Waals surface area contributed by atoms with Crippen LogP contribution in [0.5, 0.6) is 11.5 Å². The van der Waals surface area contributed by atoms with Gasteiger partial charge in [0.05, 0.1) is 12.7 Å². The Bertz CT molecular complexity index is 1030. The van der Waals surface area contributed by atoms with Crippen LogP contribution in [0.1, 0.15) is 71.3 Å². The first kappa shape index (κ1) is 22.3. The predicted molar refractivity (Wildman–Crippen MR) is 127 cm³/mol. The molecule has 0 atom stereocenters. The molecule has 1 fully saturated rings. The quantitative estimate of drug-likeness (QED) is 0.575. The molecule has 2 aromatic rings. The summed E-state index contributed by atoms with van der Waals surface area (Å²) in [5.74, 6) is 1.09. The summed E-state index contributed by atoms with van der Waals surface area (Å²) in [4.78, 5) is 19.3. The second-order valence-electron chi connectivity index (χ2n) is 8.31. The molecule has 0 unspecified atom stereocenters. The van der Waals surface area contributed by atoms with Gasteiger partial charge in [-0.1, -0.05) is 19.3 Å². The third-order valence-electron chi connectivity index (χ3n) is 6.13. The van der Waals surface area contributed by atoms with E-state index < -0.39 is 0 Å². The summed E-state index contributed by atoms with van der Waals surface area (Å²) < 4.78 is 10.8. The smallest absolute Gasteiger partial charge is 0.254 e. The van der Waals surface area contributed by atoms with Gasteiger partial charge in [-0.2, -0.15) is 5.26 Å². The van der Waals surface area contributed by atoms with Crippen LogP contribution in [0.15, 0.2) is 23.2 Å². The van der Waals surface area contributed by atoms with Crippen molar-refractivity contribution < 1.29 is 14.3 Å². The van der Waals surface area contributed by atoms with Gasteiger partial charge in [-0.25, -0.2) is 4.99 Å². The number of nitrogens with one attached hydrogen (secondary N) is 1. The highest BCUT2D eigenvalue weighted by Gasteiger charge is 2.27. The van der Waals surface area contributed by atoms with Gasteiger partial charge in [-0.15, -0.1) is 11.3 Å². The number of hydrogen-bond acceptors (Lipinski definition) is 6. The van der Waals surface area contributed by atoms with E-state index in [4.69, 9.17) is 19.7 Å². The van der Waals surface area contributed by atoms with Crippen LogP contribution in [0, 0.1) is 11.3 Å². The Kier molecular flexibility index (Phi) is 7.43. The second kappa shape index (κ2) is 10.6. The van der Waals surface area contributed by atoms with Gasteiger partial charge >= 0.3 is 0 Å². The van der Waals surface area contributed by atoms with Crippen LogP contribution in [0.4, 0.5) is 5.00 Å². The Hall–Kier alpha value is -2.85. The number of aliphatic imine (C=N–C) groups is 1. The number of methoxy groups -OCH3 is 1. The van der Waals surface area contributed by atoms with Crippen LogP contribution in [-0.4, -0.2) is 31.9 Å². The summed E-state index contributed by atoms with van der Waals surface area (Å²) >= 11 is 1.65. The number of carbonyl (C=O) groups is 1. The van der Waals surface area contributed by atoms with Gasteiger partial charge in [-0.05, 0) is 67.9 Å². The molecule has 0 saturated heterocycles. The minimum atomic E-state index is -0.0377. The molecule has 0 spiro atoms. The summed E-state index contributed by atoms with van der Waals surface area (Å²) in [6.45, 7) is -0.0377. The van der Waals surface area contributed by atoms with Crippen molar-refractivity contribution in [2.75, 3.05) is 13.7 Å². The number of nitrogens with zero attached hydrogens (tertiary/aromatic N) is 2. The lowest BCUT2D eigenvalue weighted by Crippen LogP contribution is -2.36. The standard InChI is InChI=1S/C25H29N3O3S/c1-30-21-15-17(11-12-20(21)31-14-13-26)16-27-25-23(19-9-5-6-10-22(19)32-25)24(29)28-18-7-3-2-4-8-18/h11-12,15-16,18H,2-10,14H2,1H3,(H,28,29). The van der Waals surface area contributed by atoms with E-state index in [9.17, 15) is 4.79 Å². The van der Waals surface area contributed by atoms with Gasteiger partial charge in [0, 0.05) is 17.1 Å². The van der Waals surface area contributed by atoms with Gasteiger partial charge < -0.3 is 14.8 Å². The van der Waals surface area contributed by atoms with Gasteiger partial charge in [0.15, 0.2) is 18.1 Å². The molecule has 168 valence electrons. The number of thiophene rings is 1. The van der Waals surface area contributed by atoms with E-state index in [0.717, 1.165) is 48.2 Å². The third-order valence-corrected chi connectivity index (χ3v) is 7.33. The molecule has 32 heavy (non-hydrogen) atoms. The molecule has 0 bridgehead atoms. The van der Waals surface area contributed by atoms with Gasteiger partial charge in [0.25, 0.3) is 5.91 Å². The molecule has 0 aliphatic heterocycles. The van der Waals surface area contributed by atoms with Crippen LogP contribution in [0.2, 0.25) is 0 Å². The average Bonchev–Trinajstić information content (AvgIpc) is 3.20. The van der Waals surface area contributed by atoms with E-state index in [0.29, 0.717) is 11.5 Å². The van der Waals surface area contributed by atoms with Gasteiger partial charge in [-0.3, -0.25) is 4.79 Å². The maximum atomic E-state index is 13.3. The summed E-state index contributed by atoms with van der Waals surface area (Å²) in [6.07, 6.45) is 11.8. The first-order valence-corrected chi connectivity index (χ1v) is 12.2. The van der Waals surface area contributed by atoms with Crippen LogP contribution in [-0.2, 0) is 12.8 Å². The average molecular weight is 452 g/mol. The Labute approximate surface area is 193 Å². The van der Waals surface area contributed by atoms with Crippen LogP contribution >= 0.6 is 11.3 Å². The first-order chi connectivity index (χ1) is 15.7. The Balaban J connectivity index is 1.59. The number of amides is 1. The fraction of sp³-hybridized carbons (Fsp3) is 0.480. The number of hydrogen-bond donors (Lipinski definition) is 1. The molecule has 1 saturated carbocycles. The van der Waals surface area contributed by atoms with Gasteiger partial charge in [0.1, 0.15) is 11.1 Å². The molecular formula is C25H29N3O3S. The molecular weight excluding hydrogens is 422 g/mol. The molecule has 2 aliphatic rings. The monoisotopic (exact) mass is 451 g/mol. The summed E-state index contributed by atoms with van der Waals surface area (Å²) in [5, 5.41) is 12.8. The number of benzene rings is 1. The van der Waals surface area contributed by atoms with Crippen molar-refractivity contribution in [3.8, 4) is 17.6 Å². The van der Waals surface area contributed by atoms with E-state index >= 15 is 0 Å². The van der Waals surface area contributed by atoms with E-state index in [1.54, 1.807) is 30.7 Å². The first-order valence-electron chi connectivity index (χ1n) is 11.4. The molecule has 1 aromatic heterocycles. The zero-order chi connectivity index (χ0) is 22.3. The van der Waals surface area contributed by atoms with Crippen molar-refractivity contribution in [1.82, 2.24) is 5.32 Å². The largest absolute Gasteiger partial charge is 0.493 e. The number of aryl methyl sites for hydroxylation is 1. The number of rotatable bonds is 7. The maximum absolute atomic E-state index is 13.3. The van der Waals surface area contributed by atoms with Crippen LogP contribution in [0.3, 0.4) is 0 Å². The summed E-state index contributed by atoms with van der Waals surface area (Å²) in [6, 6.07) is 7.70. The zero-order valence-corrected chi connectivity index (χ0v) is 19.3. The molecule has 4 rings (SSSR count). The predicted octanol–water partition coefficient (Wildman–Crippen LogP) is 5.35. The van der Waals surface area contributed by atoms with Crippen molar-refractivity contribution in [2.45, 2.75) is 63.8 Å². The van der Waals surface area contributed by atoms with Crippen molar-refractivity contribution >= 4 is 28.5 Å². The minimum absolute atomic E-state index is 0.0290. The second-order valence-corrected chi connectivity index (χ2v) is 9.40. The fourth-order valence-corrected chi connectivity index (χ4v) is 5.74. The van der Waals surface area contributed by atoms with Crippen molar-refractivity contribution in [3.05, 3.63) is 39.8 Å². The Morgan fingerprint density at radius 1 is 1.22 bits per heavy atom. The lowest BCUT2D eigenvalue weighted by molar-refractivity contribution is 0.0927. The molecule has 0 radical (unpaired) electrons. The van der Waals surface area contributed by atoms with Crippen molar-refractivity contribution in [2.24, 2.45) is 4.99 Å². The molecule has 7 heteroatoms. The topological polar surface area (TPSA) is 83.7 Å². The van der Waals surface area contributed by atoms with Gasteiger partial charge in [0.2, 0.25) is 0 Å². The summed E-state index contributed by atoms with van der Waals surface area (Å²) in [5.41, 5.74) is 2.81. The van der Waals surface area contributed by atoms with E-state index in [1.165, 1.54) is 36.1 Å². The van der Waals surface area contributed by atoms with Crippen LogP contribution < -0.4 is 14.8 Å². The van der Waals surface area contributed by atoms with E-state index in [1.807, 2.05) is 18.2 Å². The summed E-state index contributed by atoms with van der Waals surface area (Å²) in [7, 11) is 1.57. The third kappa shape index (κ3) is 5.13. The van der Waals surface area contributed by atoms with Crippen molar-refractivity contribution in [1.29, 1.82) is 5.26 Å². The lowest BCUT2D eigenvalue weighted by Gasteiger charge is -2.23. The molecule has 1 aromatic carbocycles. The van der Waals surface area contributed by atoms with E-state index in [2.05, 4.69) is 5.32 Å². The van der Waals surface area contributed by atoms with Crippen LogP contribution in [0.25, 0.3) is 0 Å². The van der Waals surface area contributed by atoms with Crippen molar-refractivity contribution in [3.63, 3.8) is 0 Å². The number of carbonyl (C=O) groups excluding carboxylic acids is 1. The molecule has 6 nitrogen and oxygen atoms in total. The lowest BCUT2D eigenvalue weighted by atomic mass is 9.93. The SMILES string of the molecule is COc1cc(C=Nc2sc3c(c2C(=O)NC2CCCCC2)CCCC3)ccc1OCC#N. The number of fused-ring (bicyclic) bond motifs is 1. The minimum Gasteiger partial charge on any atom is -0.493 e. The molecule has 1 amide bonds. The number of ether oxygens (including phenoxy) is 2. The Morgan fingerprint density at radius 2 is 2.03 bits per heavy atom. The zero-order valence-electron chi connectivity index (χ0n) is 18.5. The fourth-order valence-electron chi connectivity index (χ4n) is 4.51. The molecule has 2 aliphatic carbocycles.